The second-order valence-electron chi connectivity index (χ2n) is 4.80. The molecule has 0 aromatic carbocycles. The number of amides is 1. The van der Waals surface area contributed by atoms with E-state index in [9.17, 15) is 4.79 Å². The molecular formula is C12H18N2O2. The van der Waals surface area contributed by atoms with Gasteiger partial charge in [0.1, 0.15) is 5.76 Å². The molecule has 0 unspecified atom stereocenters. The smallest absolute Gasteiger partial charge is 0.224 e. The molecule has 1 aliphatic rings. The third kappa shape index (κ3) is 2.27. The summed E-state index contributed by atoms with van der Waals surface area (Å²) in [5.41, 5.74) is -0.166. The van der Waals surface area contributed by atoms with Crippen LogP contribution in [0.2, 0.25) is 0 Å². The highest BCUT2D eigenvalue weighted by Crippen LogP contribution is 2.20. The highest BCUT2D eigenvalue weighted by Gasteiger charge is 2.32. The molecule has 0 radical (unpaired) electrons. The van der Waals surface area contributed by atoms with Gasteiger partial charge in [-0.05, 0) is 26.0 Å². The van der Waals surface area contributed by atoms with Gasteiger partial charge in [0.25, 0.3) is 0 Å². The molecule has 0 spiro atoms. The Morgan fingerprint density at radius 1 is 1.56 bits per heavy atom. The third-order valence-electron chi connectivity index (χ3n) is 3.00. The Bertz CT molecular complexity index is 357. The molecule has 16 heavy (non-hydrogen) atoms. The van der Waals surface area contributed by atoms with E-state index in [1.807, 2.05) is 17.0 Å². The first-order valence-electron chi connectivity index (χ1n) is 5.63. The van der Waals surface area contributed by atoms with Crippen LogP contribution in [0, 0.1) is 0 Å². The first-order valence-corrected chi connectivity index (χ1v) is 5.63. The van der Waals surface area contributed by atoms with Crippen molar-refractivity contribution in [2.24, 2.45) is 0 Å². The fourth-order valence-electron chi connectivity index (χ4n) is 2.02. The number of rotatable bonds is 2. The first-order chi connectivity index (χ1) is 7.59. The molecule has 1 saturated heterocycles. The maximum Gasteiger partial charge on any atom is 0.224 e. The average molecular weight is 222 g/mol. The maximum absolute atomic E-state index is 12.0. The second kappa shape index (κ2) is 4.29. The third-order valence-corrected chi connectivity index (χ3v) is 3.00. The van der Waals surface area contributed by atoms with Crippen LogP contribution in [-0.2, 0) is 11.3 Å². The van der Waals surface area contributed by atoms with Crippen LogP contribution in [0.25, 0.3) is 0 Å². The lowest BCUT2D eigenvalue weighted by molar-refractivity contribution is -0.136. The summed E-state index contributed by atoms with van der Waals surface area (Å²) in [7, 11) is 0. The van der Waals surface area contributed by atoms with E-state index in [-0.39, 0.29) is 11.4 Å². The lowest BCUT2D eigenvalue weighted by Crippen LogP contribution is -2.50. The van der Waals surface area contributed by atoms with Gasteiger partial charge in [0.15, 0.2) is 0 Å². The zero-order valence-corrected chi connectivity index (χ0v) is 9.82. The molecular weight excluding hydrogens is 204 g/mol. The van der Waals surface area contributed by atoms with Crippen molar-refractivity contribution >= 4 is 5.91 Å². The standard InChI is InChI=1S/C12H18N2O2/c1-12(2)9-13-6-5-11(15)14(12)8-10-4-3-7-16-10/h3-4,7,13H,5-6,8-9H2,1-2H3. The Morgan fingerprint density at radius 3 is 3.06 bits per heavy atom. The first kappa shape index (κ1) is 11.2. The molecule has 0 atom stereocenters. The number of nitrogens with one attached hydrogen (secondary N) is 1. The van der Waals surface area contributed by atoms with Crippen molar-refractivity contribution in [2.75, 3.05) is 13.1 Å². The minimum atomic E-state index is -0.166. The van der Waals surface area contributed by atoms with Crippen molar-refractivity contribution in [1.29, 1.82) is 0 Å². The molecule has 0 saturated carbocycles. The minimum Gasteiger partial charge on any atom is -0.467 e. The van der Waals surface area contributed by atoms with Crippen molar-refractivity contribution in [2.45, 2.75) is 32.4 Å². The molecule has 0 aliphatic carbocycles. The molecule has 0 bridgehead atoms. The van der Waals surface area contributed by atoms with E-state index in [1.165, 1.54) is 0 Å². The summed E-state index contributed by atoms with van der Waals surface area (Å²) >= 11 is 0. The summed E-state index contributed by atoms with van der Waals surface area (Å²) in [5, 5.41) is 3.28. The van der Waals surface area contributed by atoms with Crippen LogP contribution in [0.5, 0.6) is 0 Å². The summed E-state index contributed by atoms with van der Waals surface area (Å²) in [4.78, 5) is 13.9. The predicted molar refractivity (Wildman–Crippen MR) is 60.8 cm³/mol. The van der Waals surface area contributed by atoms with Crippen LogP contribution < -0.4 is 5.32 Å². The zero-order chi connectivity index (χ0) is 11.6. The van der Waals surface area contributed by atoms with Crippen molar-refractivity contribution in [1.82, 2.24) is 10.2 Å². The molecule has 1 amide bonds. The quantitative estimate of drug-likeness (QED) is 0.822. The lowest BCUT2D eigenvalue weighted by atomic mass is 10.0. The van der Waals surface area contributed by atoms with Gasteiger partial charge in [-0.1, -0.05) is 0 Å². The molecule has 4 heteroatoms. The van der Waals surface area contributed by atoms with Gasteiger partial charge < -0.3 is 14.6 Å². The Labute approximate surface area is 95.6 Å². The Balaban J connectivity index is 2.17. The second-order valence-corrected chi connectivity index (χ2v) is 4.80. The molecule has 4 nitrogen and oxygen atoms in total. The van der Waals surface area contributed by atoms with Gasteiger partial charge in [0.2, 0.25) is 5.91 Å². The van der Waals surface area contributed by atoms with Crippen LogP contribution in [-0.4, -0.2) is 29.4 Å². The van der Waals surface area contributed by atoms with Crippen molar-refractivity contribution in [3.8, 4) is 0 Å². The van der Waals surface area contributed by atoms with E-state index in [1.54, 1.807) is 6.26 Å². The molecule has 1 fully saturated rings. The average Bonchev–Trinajstić information content (AvgIpc) is 2.69. The van der Waals surface area contributed by atoms with E-state index >= 15 is 0 Å². The maximum atomic E-state index is 12.0. The van der Waals surface area contributed by atoms with Crippen molar-refractivity contribution < 1.29 is 9.21 Å². The van der Waals surface area contributed by atoms with Gasteiger partial charge in [0.05, 0.1) is 18.3 Å². The number of carbonyl (C=O) groups excluding carboxylic acids is 1. The SMILES string of the molecule is CC1(C)CNCCC(=O)N1Cc1ccco1. The van der Waals surface area contributed by atoms with Gasteiger partial charge in [-0.3, -0.25) is 4.79 Å². The van der Waals surface area contributed by atoms with E-state index < -0.39 is 0 Å². The topological polar surface area (TPSA) is 45.5 Å². The largest absolute Gasteiger partial charge is 0.467 e. The summed E-state index contributed by atoms with van der Waals surface area (Å²) < 4.78 is 5.30. The van der Waals surface area contributed by atoms with E-state index in [0.717, 1.165) is 18.8 Å². The molecule has 2 rings (SSSR count). The summed E-state index contributed by atoms with van der Waals surface area (Å²) in [6, 6.07) is 3.75. The van der Waals surface area contributed by atoms with Crippen LogP contribution in [0.1, 0.15) is 26.0 Å². The molecule has 1 aromatic heterocycles. The minimum absolute atomic E-state index is 0.166. The van der Waals surface area contributed by atoms with E-state index in [2.05, 4.69) is 19.2 Å². The highest BCUT2D eigenvalue weighted by atomic mass is 16.3. The lowest BCUT2D eigenvalue weighted by Gasteiger charge is -2.36. The molecule has 2 heterocycles. The monoisotopic (exact) mass is 222 g/mol. The Hall–Kier alpha value is -1.29. The summed E-state index contributed by atoms with van der Waals surface area (Å²) in [5.74, 6) is 1.02. The number of nitrogens with zero attached hydrogens (tertiary/aromatic N) is 1. The van der Waals surface area contributed by atoms with Gasteiger partial charge >= 0.3 is 0 Å². The predicted octanol–water partition coefficient (Wildman–Crippen LogP) is 1.38. The van der Waals surface area contributed by atoms with E-state index in [4.69, 9.17) is 4.42 Å². The summed E-state index contributed by atoms with van der Waals surface area (Å²) in [6.45, 7) is 6.29. The molecule has 88 valence electrons. The number of hydrogen-bond acceptors (Lipinski definition) is 3. The Morgan fingerprint density at radius 2 is 2.38 bits per heavy atom. The van der Waals surface area contributed by atoms with Crippen LogP contribution >= 0.6 is 0 Å². The number of furan rings is 1. The van der Waals surface area contributed by atoms with Crippen LogP contribution in [0.4, 0.5) is 0 Å². The van der Waals surface area contributed by atoms with Crippen molar-refractivity contribution in [3.05, 3.63) is 24.2 Å². The van der Waals surface area contributed by atoms with Crippen LogP contribution in [0.15, 0.2) is 22.8 Å². The van der Waals surface area contributed by atoms with Gasteiger partial charge in [-0.15, -0.1) is 0 Å². The molecule has 1 aliphatic heterocycles. The zero-order valence-electron chi connectivity index (χ0n) is 9.82. The highest BCUT2D eigenvalue weighted by molar-refractivity contribution is 5.77. The Kier molecular flexibility index (Phi) is 3.01. The molecule has 1 N–H and O–H groups in total. The fraction of sp³-hybridized carbons (Fsp3) is 0.583. The van der Waals surface area contributed by atoms with Gasteiger partial charge in [-0.25, -0.2) is 0 Å². The number of carbonyl (C=O) groups is 1. The van der Waals surface area contributed by atoms with Gasteiger partial charge in [0, 0.05) is 19.5 Å². The van der Waals surface area contributed by atoms with Gasteiger partial charge in [-0.2, -0.15) is 0 Å². The van der Waals surface area contributed by atoms with E-state index in [0.29, 0.717) is 13.0 Å². The molecule has 1 aromatic rings. The normalized spacial score (nSPS) is 20.9. The summed E-state index contributed by atoms with van der Waals surface area (Å²) in [6.07, 6.45) is 2.20. The number of hydrogen-bond donors (Lipinski definition) is 1. The fourth-order valence-corrected chi connectivity index (χ4v) is 2.02. The van der Waals surface area contributed by atoms with Crippen molar-refractivity contribution in [3.63, 3.8) is 0 Å². The van der Waals surface area contributed by atoms with Crippen LogP contribution in [0.3, 0.4) is 0 Å².